The minimum Gasteiger partial charge on any atom is -0.493 e. The molecule has 0 aliphatic heterocycles. The second-order valence-electron chi connectivity index (χ2n) is 3.50. The second-order valence-corrected chi connectivity index (χ2v) is 3.50. The Bertz CT molecular complexity index is 466. The molecule has 1 aromatic carbocycles. The van der Waals surface area contributed by atoms with Gasteiger partial charge >= 0.3 is 0 Å². The van der Waals surface area contributed by atoms with Gasteiger partial charge in [-0.3, -0.25) is 0 Å². The Hall–Kier alpha value is -2.10. The quantitative estimate of drug-likeness (QED) is 0.862. The zero-order valence-electron chi connectivity index (χ0n) is 9.90. The standard InChI is InChI=1S/C13H15NO3/c1-15-12-6-5-10(8-13(12)16-2)14-9-11-4-3-7-17-11/h3-8,14H,9H2,1-2H3. The number of methoxy groups -OCH3 is 2. The third kappa shape index (κ3) is 2.72. The normalized spacial score (nSPS) is 10.0. The lowest BCUT2D eigenvalue weighted by atomic mass is 10.2. The fourth-order valence-corrected chi connectivity index (χ4v) is 1.55. The number of furan rings is 1. The number of benzene rings is 1. The highest BCUT2D eigenvalue weighted by Gasteiger charge is 2.04. The molecule has 90 valence electrons. The molecule has 0 bridgehead atoms. The van der Waals surface area contributed by atoms with Crippen LogP contribution in [0.4, 0.5) is 5.69 Å². The number of ether oxygens (including phenoxy) is 2. The van der Waals surface area contributed by atoms with Gasteiger partial charge in [-0.2, -0.15) is 0 Å². The van der Waals surface area contributed by atoms with E-state index in [1.807, 2.05) is 30.3 Å². The Morgan fingerprint density at radius 2 is 1.94 bits per heavy atom. The smallest absolute Gasteiger partial charge is 0.162 e. The average molecular weight is 233 g/mol. The number of rotatable bonds is 5. The Morgan fingerprint density at radius 3 is 2.59 bits per heavy atom. The maximum Gasteiger partial charge on any atom is 0.162 e. The molecular weight excluding hydrogens is 218 g/mol. The monoisotopic (exact) mass is 233 g/mol. The van der Waals surface area contributed by atoms with Gasteiger partial charge in [0.15, 0.2) is 11.5 Å². The molecule has 4 nitrogen and oxygen atoms in total. The Labute approximate surface area is 100 Å². The van der Waals surface area contributed by atoms with Crippen LogP contribution in [-0.2, 0) is 6.54 Å². The van der Waals surface area contributed by atoms with Crippen LogP contribution in [0.2, 0.25) is 0 Å². The van der Waals surface area contributed by atoms with E-state index in [9.17, 15) is 0 Å². The van der Waals surface area contributed by atoms with Crippen LogP contribution in [0.15, 0.2) is 41.0 Å². The second kappa shape index (κ2) is 5.30. The van der Waals surface area contributed by atoms with Crippen LogP contribution in [0.5, 0.6) is 11.5 Å². The lowest BCUT2D eigenvalue weighted by molar-refractivity contribution is 0.355. The molecule has 0 saturated carbocycles. The van der Waals surface area contributed by atoms with Crippen molar-refractivity contribution in [2.75, 3.05) is 19.5 Å². The lowest BCUT2D eigenvalue weighted by Crippen LogP contribution is -1.99. The molecule has 0 aliphatic rings. The molecule has 1 N–H and O–H groups in total. The van der Waals surface area contributed by atoms with E-state index in [0.717, 1.165) is 17.2 Å². The Morgan fingerprint density at radius 1 is 1.12 bits per heavy atom. The molecule has 0 unspecified atom stereocenters. The predicted octanol–water partition coefficient (Wildman–Crippen LogP) is 2.91. The van der Waals surface area contributed by atoms with E-state index in [0.29, 0.717) is 12.3 Å². The van der Waals surface area contributed by atoms with E-state index in [-0.39, 0.29) is 0 Å². The zero-order valence-corrected chi connectivity index (χ0v) is 9.90. The molecule has 0 spiro atoms. The fraction of sp³-hybridized carbons (Fsp3) is 0.231. The number of nitrogens with one attached hydrogen (secondary N) is 1. The molecule has 0 saturated heterocycles. The van der Waals surface area contributed by atoms with Gasteiger partial charge in [-0.1, -0.05) is 0 Å². The Kier molecular flexibility index (Phi) is 3.55. The van der Waals surface area contributed by atoms with Gasteiger partial charge in [0.05, 0.1) is 27.0 Å². The van der Waals surface area contributed by atoms with Gasteiger partial charge in [-0.15, -0.1) is 0 Å². The van der Waals surface area contributed by atoms with Gasteiger partial charge in [-0.25, -0.2) is 0 Å². The molecule has 17 heavy (non-hydrogen) atoms. The molecule has 1 heterocycles. The third-order valence-electron chi connectivity index (χ3n) is 2.43. The fourth-order valence-electron chi connectivity index (χ4n) is 1.55. The molecule has 0 fully saturated rings. The molecule has 0 aliphatic carbocycles. The van der Waals surface area contributed by atoms with E-state index >= 15 is 0 Å². The molecule has 4 heteroatoms. The highest BCUT2D eigenvalue weighted by molar-refractivity contribution is 5.54. The van der Waals surface area contributed by atoms with Crippen molar-refractivity contribution in [3.05, 3.63) is 42.4 Å². The maximum atomic E-state index is 5.24. The highest BCUT2D eigenvalue weighted by atomic mass is 16.5. The van der Waals surface area contributed by atoms with Crippen molar-refractivity contribution in [3.8, 4) is 11.5 Å². The van der Waals surface area contributed by atoms with Crippen LogP contribution in [0.1, 0.15) is 5.76 Å². The zero-order chi connectivity index (χ0) is 12.1. The van der Waals surface area contributed by atoms with Gasteiger partial charge in [-0.05, 0) is 24.3 Å². The van der Waals surface area contributed by atoms with Crippen molar-refractivity contribution in [2.24, 2.45) is 0 Å². The summed E-state index contributed by atoms with van der Waals surface area (Å²) in [6.07, 6.45) is 1.66. The van der Waals surface area contributed by atoms with Gasteiger partial charge in [0.1, 0.15) is 5.76 Å². The van der Waals surface area contributed by atoms with E-state index in [1.54, 1.807) is 20.5 Å². The van der Waals surface area contributed by atoms with Crippen molar-refractivity contribution in [1.29, 1.82) is 0 Å². The summed E-state index contributed by atoms with van der Waals surface area (Å²) in [5, 5.41) is 3.24. The summed E-state index contributed by atoms with van der Waals surface area (Å²) in [5.74, 6) is 2.31. The highest BCUT2D eigenvalue weighted by Crippen LogP contribution is 2.29. The largest absolute Gasteiger partial charge is 0.493 e. The van der Waals surface area contributed by atoms with Crippen molar-refractivity contribution >= 4 is 5.69 Å². The first-order valence-corrected chi connectivity index (χ1v) is 5.32. The first-order valence-electron chi connectivity index (χ1n) is 5.32. The van der Waals surface area contributed by atoms with Gasteiger partial charge in [0.25, 0.3) is 0 Å². The Balaban J connectivity index is 2.06. The lowest BCUT2D eigenvalue weighted by Gasteiger charge is -2.10. The summed E-state index contributed by atoms with van der Waals surface area (Å²) in [7, 11) is 3.24. The van der Waals surface area contributed by atoms with Crippen LogP contribution in [0.3, 0.4) is 0 Å². The minimum absolute atomic E-state index is 0.641. The van der Waals surface area contributed by atoms with Gasteiger partial charge in [0.2, 0.25) is 0 Å². The van der Waals surface area contributed by atoms with Gasteiger partial charge < -0.3 is 19.2 Å². The molecule has 0 radical (unpaired) electrons. The molecular formula is C13H15NO3. The summed E-state index contributed by atoms with van der Waals surface area (Å²) in [6, 6.07) is 9.48. The molecule has 0 amide bonds. The van der Waals surface area contributed by atoms with Crippen molar-refractivity contribution in [1.82, 2.24) is 0 Å². The van der Waals surface area contributed by atoms with Crippen LogP contribution < -0.4 is 14.8 Å². The van der Waals surface area contributed by atoms with Crippen molar-refractivity contribution in [2.45, 2.75) is 6.54 Å². The SMILES string of the molecule is COc1ccc(NCc2ccco2)cc1OC. The van der Waals surface area contributed by atoms with Crippen LogP contribution >= 0.6 is 0 Å². The summed E-state index contributed by atoms with van der Waals surface area (Å²) in [6.45, 7) is 0.641. The van der Waals surface area contributed by atoms with E-state index < -0.39 is 0 Å². The number of hydrogen-bond donors (Lipinski definition) is 1. The molecule has 2 rings (SSSR count). The van der Waals surface area contributed by atoms with E-state index in [4.69, 9.17) is 13.9 Å². The van der Waals surface area contributed by atoms with Crippen LogP contribution in [0.25, 0.3) is 0 Å². The molecule has 2 aromatic rings. The summed E-state index contributed by atoms with van der Waals surface area (Å²) in [4.78, 5) is 0. The first-order chi connectivity index (χ1) is 8.33. The summed E-state index contributed by atoms with van der Waals surface area (Å²) >= 11 is 0. The average Bonchev–Trinajstić information content (AvgIpc) is 2.89. The van der Waals surface area contributed by atoms with Crippen LogP contribution in [-0.4, -0.2) is 14.2 Å². The minimum atomic E-state index is 0.641. The predicted molar refractivity (Wildman–Crippen MR) is 65.6 cm³/mol. The van der Waals surface area contributed by atoms with Gasteiger partial charge in [0, 0.05) is 11.8 Å². The van der Waals surface area contributed by atoms with Crippen molar-refractivity contribution < 1.29 is 13.9 Å². The summed E-state index contributed by atoms with van der Waals surface area (Å²) in [5.41, 5.74) is 0.957. The first kappa shape index (κ1) is 11.4. The third-order valence-corrected chi connectivity index (χ3v) is 2.43. The summed E-state index contributed by atoms with van der Waals surface area (Å²) < 4.78 is 15.6. The van der Waals surface area contributed by atoms with Crippen LogP contribution in [0, 0.1) is 0 Å². The van der Waals surface area contributed by atoms with E-state index in [1.165, 1.54) is 0 Å². The molecule has 1 aromatic heterocycles. The topological polar surface area (TPSA) is 43.6 Å². The number of hydrogen-bond acceptors (Lipinski definition) is 4. The maximum absolute atomic E-state index is 5.24. The number of anilines is 1. The molecule has 0 atom stereocenters. The van der Waals surface area contributed by atoms with Crippen molar-refractivity contribution in [3.63, 3.8) is 0 Å². The van der Waals surface area contributed by atoms with E-state index in [2.05, 4.69) is 5.32 Å².